The van der Waals surface area contributed by atoms with Gasteiger partial charge in [0.15, 0.2) is 5.82 Å². The van der Waals surface area contributed by atoms with Crippen molar-refractivity contribution in [2.75, 3.05) is 4.72 Å². The molecule has 1 aromatic heterocycles. The van der Waals surface area contributed by atoms with Crippen LogP contribution in [0, 0.1) is 23.3 Å². The standard InChI is InChI=1S/C16H10BrF4N3O2S/c1-24-7-9(17)16(22-24)14-11(20)4-5-12(15(14)21)23-27(25,26)13-6-8(18)2-3-10(13)19/h2-7,23H,1H3. The maximum atomic E-state index is 14.8. The molecule has 142 valence electrons. The number of nitrogens with zero attached hydrogens (tertiary/aromatic N) is 2. The van der Waals surface area contributed by atoms with E-state index in [9.17, 15) is 26.0 Å². The lowest BCUT2D eigenvalue weighted by atomic mass is 10.1. The average Bonchev–Trinajstić information content (AvgIpc) is 2.91. The van der Waals surface area contributed by atoms with Gasteiger partial charge in [-0.05, 0) is 46.3 Å². The third-order valence-electron chi connectivity index (χ3n) is 3.54. The van der Waals surface area contributed by atoms with E-state index in [0.29, 0.717) is 12.1 Å². The van der Waals surface area contributed by atoms with E-state index in [2.05, 4.69) is 21.0 Å². The van der Waals surface area contributed by atoms with Crippen molar-refractivity contribution in [2.24, 2.45) is 7.05 Å². The second-order valence-corrected chi connectivity index (χ2v) is 7.97. The number of rotatable bonds is 4. The molecule has 1 N–H and O–H groups in total. The van der Waals surface area contributed by atoms with Crippen LogP contribution in [0.5, 0.6) is 0 Å². The Hall–Kier alpha value is -2.40. The summed E-state index contributed by atoms with van der Waals surface area (Å²) in [6.45, 7) is 0. The van der Waals surface area contributed by atoms with Crippen LogP contribution < -0.4 is 4.72 Å². The van der Waals surface area contributed by atoms with Gasteiger partial charge in [0.05, 0.1) is 15.7 Å². The van der Waals surface area contributed by atoms with E-state index in [1.165, 1.54) is 17.9 Å². The quantitative estimate of drug-likeness (QED) is 0.589. The van der Waals surface area contributed by atoms with Crippen LogP contribution in [0.25, 0.3) is 11.3 Å². The molecule has 1 heterocycles. The summed E-state index contributed by atoms with van der Waals surface area (Å²) in [7, 11) is -3.14. The number of halogens is 5. The molecule has 0 atom stereocenters. The summed E-state index contributed by atoms with van der Waals surface area (Å²) < 4.78 is 84.1. The van der Waals surface area contributed by atoms with Crippen molar-refractivity contribution in [1.82, 2.24) is 9.78 Å². The topological polar surface area (TPSA) is 64.0 Å². The molecule has 2 aromatic carbocycles. The van der Waals surface area contributed by atoms with Gasteiger partial charge in [0.2, 0.25) is 0 Å². The highest BCUT2D eigenvalue weighted by Crippen LogP contribution is 2.34. The number of aryl methyl sites for hydroxylation is 1. The largest absolute Gasteiger partial charge is 0.277 e. The van der Waals surface area contributed by atoms with Crippen LogP contribution in [0.1, 0.15) is 0 Å². The normalized spacial score (nSPS) is 11.6. The van der Waals surface area contributed by atoms with Crippen LogP contribution in [0.2, 0.25) is 0 Å². The van der Waals surface area contributed by atoms with E-state index in [1.807, 2.05) is 4.72 Å². The summed E-state index contributed by atoms with van der Waals surface area (Å²) >= 11 is 3.12. The highest BCUT2D eigenvalue weighted by atomic mass is 79.9. The molecule has 5 nitrogen and oxygen atoms in total. The van der Waals surface area contributed by atoms with E-state index in [-0.39, 0.29) is 10.2 Å². The maximum Gasteiger partial charge on any atom is 0.265 e. The molecule has 0 amide bonds. The lowest BCUT2D eigenvalue weighted by molar-refractivity contribution is 0.554. The third-order valence-corrected chi connectivity index (χ3v) is 5.50. The summed E-state index contributed by atoms with van der Waals surface area (Å²) in [6.07, 6.45) is 1.45. The Bertz CT molecular complexity index is 1150. The first-order valence-corrected chi connectivity index (χ1v) is 9.53. The smallest absolute Gasteiger partial charge is 0.265 e. The third kappa shape index (κ3) is 3.69. The van der Waals surface area contributed by atoms with E-state index in [0.717, 1.165) is 18.2 Å². The number of hydrogen-bond donors (Lipinski definition) is 1. The van der Waals surface area contributed by atoms with E-state index >= 15 is 0 Å². The van der Waals surface area contributed by atoms with E-state index in [1.54, 1.807) is 0 Å². The first kappa shape index (κ1) is 19.4. The highest BCUT2D eigenvalue weighted by Gasteiger charge is 2.25. The second-order valence-electron chi connectivity index (χ2n) is 5.46. The number of benzene rings is 2. The molecule has 0 radical (unpaired) electrons. The molecule has 3 aromatic rings. The zero-order valence-corrected chi connectivity index (χ0v) is 15.9. The number of nitrogens with one attached hydrogen (secondary N) is 1. The number of sulfonamides is 1. The summed E-state index contributed by atoms with van der Waals surface area (Å²) in [5, 5.41) is 3.93. The van der Waals surface area contributed by atoms with Crippen molar-refractivity contribution < 1.29 is 26.0 Å². The molecule has 11 heteroatoms. The lowest BCUT2D eigenvalue weighted by Crippen LogP contribution is -2.16. The predicted molar refractivity (Wildman–Crippen MR) is 93.4 cm³/mol. The van der Waals surface area contributed by atoms with Gasteiger partial charge in [-0.3, -0.25) is 9.40 Å². The van der Waals surface area contributed by atoms with Crippen molar-refractivity contribution in [2.45, 2.75) is 4.90 Å². The summed E-state index contributed by atoms with van der Waals surface area (Å²) in [4.78, 5) is -1.01. The minimum atomic E-state index is -4.67. The molecule has 0 saturated carbocycles. The van der Waals surface area contributed by atoms with Crippen LogP contribution >= 0.6 is 15.9 Å². The van der Waals surface area contributed by atoms with Gasteiger partial charge in [-0.1, -0.05) is 0 Å². The molecule has 3 rings (SSSR count). The van der Waals surface area contributed by atoms with Gasteiger partial charge in [0.25, 0.3) is 10.0 Å². The van der Waals surface area contributed by atoms with Gasteiger partial charge in [-0.2, -0.15) is 5.10 Å². The second kappa shape index (κ2) is 6.97. The minimum absolute atomic E-state index is 0.0921. The van der Waals surface area contributed by atoms with Crippen LogP contribution in [0.15, 0.2) is 45.9 Å². The Morgan fingerprint density at radius 2 is 1.74 bits per heavy atom. The summed E-state index contributed by atoms with van der Waals surface area (Å²) in [6, 6.07) is 3.49. The zero-order chi connectivity index (χ0) is 19.9. The first-order valence-electron chi connectivity index (χ1n) is 7.25. The van der Waals surface area contributed by atoms with Crippen molar-refractivity contribution >= 4 is 31.6 Å². The Morgan fingerprint density at radius 3 is 2.37 bits per heavy atom. The number of hydrogen-bond acceptors (Lipinski definition) is 3. The molecule has 0 fully saturated rings. The monoisotopic (exact) mass is 463 g/mol. The first-order chi connectivity index (χ1) is 12.6. The van der Waals surface area contributed by atoms with Gasteiger partial charge in [-0.25, -0.2) is 26.0 Å². The van der Waals surface area contributed by atoms with Gasteiger partial charge >= 0.3 is 0 Å². The Morgan fingerprint density at radius 1 is 1.07 bits per heavy atom. The predicted octanol–water partition coefficient (Wildman–Crippen LogP) is 4.21. The average molecular weight is 464 g/mol. The van der Waals surface area contributed by atoms with Gasteiger partial charge < -0.3 is 0 Å². The fourth-order valence-electron chi connectivity index (χ4n) is 2.36. The molecule has 0 bridgehead atoms. The van der Waals surface area contributed by atoms with Crippen LogP contribution in [0.4, 0.5) is 23.2 Å². The van der Waals surface area contributed by atoms with Gasteiger partial charge in [0, 0.05) is 13.2 Å². The molecule has 0 aliphatic carbocycles. The number of aromatic nitrogens is 2. The van der Waals surface area contributed by atoms with Crippen LogP contribution in [-0.2, 0) is 17.1 Å². The fraction of sp³-hybridized carbons (Fsp3) is 0.0625. The molecule has 0 spiro atoms. The van der Waals surface area contributed by atoms with E-state index in [4.69, 9.17) is 0 Å². The van der Waals surface area contributed by atoms with Crippen LogP contribution in [0.3, 0.4) is 0 Å². The maximum absolute atomic E-state index is 14.8. The molecule has 27 heavy (non-hydrogen) atoms. The van der Waals surface area contributed by atoms with Crippen molar-refractivity contribution in [3.05, 3.63) is 64.3 Å². The molecular weight excluding hydrogens is 454 g/mol. The SMILES string of the molecule is Cn1cc(Br)c(-c2c(F)ccc(NS(=O)(=O)c3cc(F)ccc3F)c2F)n1. The van der Waals surface area contributed by atoms with E-state index < -0.39 is 49.4 Å². The lowest BCUT2D eigenvalue weighted by Gasteiger charge is -2.12. The molecule has 0 saturated heterocycles. The van der Waals surface area contributed by atoms with Crippen molar-refractivity contribution in [3.63, 3.8) is 0 Å². The van der Waals surface area contributed by atoms with Gasteiger partial charge in [0.1, 0.15) is 28.0 Å². The Balaban J connectivity index is 2.10. The minimum Gasteiger partial charge on any atom is -0.277 e. The van der Waals surface area contributed by atoms with Crippen molar-refractivity contribution in [1.29, 1.82) is 0 Å². The fourth-order valence-corrected chi connectivity index (χ4v) is 4.08. The zero-order valence-electron chi connectivity index (χ0n) is 13.5. The Labute approximate surface area is 159 Å². The summed E-state index contributed by atoms with van der Waals surface area (Å²) in [5.41, 5.74) is -1.32. The highest BCUT2D eigenvalue weighted by molar-refractivity contribution is 9.10. The molecule has 0 aliphatic heterocycles. The summed E-state index contributed by atoms with van der Waals surface area (Å²) in [5.74, 6) is -4.45. The molecule has 0 aliphatic rings. The molecule has 0 unspecified atom stereocenters. The molecular formula is C16H10BrF4N3O2S. The van der Waals surface area contributed by atoms with Gasteiger partial charge in [-0.15, -0.1) is 0 Å². The van der Waals surface area contributed by atoms with Crippen molar-refractivity contribution in [3.8, 4) is 11.3 Å². The van der Waals surface area contributed by atoms with Crippen LogP contribution in [-0.4, -0.2) is 18.2 Å². The Kier molecular flexibility index (Phi) is 5.00. The number of anilines is 1.